The number of nitrogens with zero attached hydrogens (tertiary/aromatic N) is 1. The van der Waals surface area contributed by atoms with Gasteiger partial charge >= 0.3 is 5.97 Å². The van der Waals surface area contributed by atoms with Gasteiger partial charge in [-0.3, -0.25) is 9.78 Å². The van der Waals surface area contributed by atoms with Crippen LogP contribution in [0.3, 0.4) is 0 Å². The van der Waals surface area contributed by atoms with E-state index in [1.165, 1.54) is 6.20 Å². The van der Waals surface area contributed by atoms with E-state index < -0.39 is 12.0 Å². The molecule has 1 aromatic carbocycles. The van der Waals surface area contributed by atoms with Crippen molar-refractivity contribution in [3.8, 4) is 0 Å². The first kappa shape index (κ1) is 9.61. The largest absolute Gasteiger partial charge is 0.480 e. The van der Waals surface area contributed by atoms with Crippen molar-refractivity contribution >= 4 is 16.9 Å². The molecule has 15 heavy (non-hydrogen) atoms. The number of aromatic nitrogens is 1. The number of rotatable bonds is 2. The zero-order chi connectivity index (χ0) is 10.8. The van der Waals surface area contributed by atoms with Crippen LogP contribution in [-0.4, -0.2) is 16.1 Å². The molecule has 0 saturated heterocycles. The first-order valence-electron chi connectivity index (χ1n) is 4.51. The maximum Gasteiger partial charge on any atom is 0.325 e. The molecule has 76 valence electrons. The molecule has 4 heteroatoms. The number of benzene rings is 1. The Morgan fingerprint density at radius 3 is 2.87 bits per heavy atom. The molecule has 0 amide bonds. The predicted molar refractivity (Wildman–Crippen MR) is 56.3 cm³/mol. The number of hydrogen-bond acceptors (Lipinski definition) is 3. The van der Waals surface area contributed by atoms with E-state index in [2.05, 4.69) is 4.98 Å². The second-order valence-corrected chi connectivity index (χ2v) is 3.28. The number of carboxylic acid groups (broad SMARTS) is 1. The summed E-state index contributed by atoms with van der Waals surface area (Å²) in [4.78, 5) is 14.8. The molecule has 0 fully saturated rings. The average Bonchev–Trinajstić information content (AvgIpc) is 2.27. The molecule has 1 unspecified atom stereocenters. The fourth-order valence-electron chi connectivity index (χ4n) is 1.40. The fourth-order valence-corrected chi connectivity index (χ4v) is 1.40. The van der Waals surface area contributed by atoms with Gasteiger partial charge < -0.3 is 10.8 Å². The molecule has 3 N–H and O–H groups in total. The lowest BCUT2D eigenvalue weighted by molar-refractivity contribution is -0.138. The minimum absolute atomic E-state index is 0.515. The van der Waals surface area contributed by atoms with Crippen molar-refractivity contribution in [2.24, 2.45) is 5.73 Å². The van der Waals surface area contributed by atoms with E-state index in [1.54, 1.807) is 6.07 Å². The summed E-state index contributed by atoms with van der Waals surface area (Å²) in [6.07, 6.45) is 1.50. The summed E-state index contributed by atoms with van der Waals surface area (Å²) in [5.74, 6) is -1.05. The highest BCUT2D eigenvalue weighted by atomic mass is 16.4. The lowest BCUT2D eigenvalue weighted by atomic mass is 10.1. The van der Waals surface area contributed by atoms with Gasteiger partial charge in [-0.2, -0.15) is 0 Å². The summed E-state index contributed by atoms with van der Waals surface area (Å²) in [6.45, 7) is 0. The third-order valence-electron chi connectivity index (χ3n) is 2.24. The number of hydrogen-bond donors (Lipinski definition) is 2. The van der Waals surface area contributed by atoms with Crippen LogP contribution in [0, 0.1) is 0 Å². The van der Waals surface area contributed by atoms with Crippen LogP contribution < -0.4 is 5.73 Å². The lowest BCUT2D eigenvalue weighted by Crippen LogP contribution is -2.20. The number of carboxylic acids is 1. The molecule has 0 spiro atoms. The van der Waals surface area contributed by atoms with Gasteiger partial charge in [-0.25, -0.2) is 0 Å². The third kappa shape index (κ3) is 1.80. The highest BCUT2D eigenvalue weighted by Crippen LogP contribution is 2.16. The van der Waals surface area contributed by atoms with E-state index in [4.69, 9.17) is 10.8 Å². The maximum atomic E-state index is 10.7. The highest BCUT2D eigenvalue weighted by Gasteiger charge is 2.14. The second kappa shape index (κ2) is 3.67. The van der Waals surface area contributed by atoms with Crippen LogP contribution in [-0.2, 0) is 4.79 Å². The van der Waals surface area contributed by atoms with Gasteiger partial charge in [-0.1, -0.05) is 18.2 Å². The van der Waals surface area contributed by atoms with Gasteiger partial charge in [0.05, 0.1) is 5.52 Å². The molecule has 2 aromatic rings. The van der Waals surface area contributed by atoms with Gasteiger partial charge in [0.1, 0.15) is 6.04 Å². The number of para-hydroxylation sites is 1. The zero-order valence-electron chi connectivity index (χ0n) is 7.92. The Morgan fingerprint density at radius 2 is 2.13 bits per heavy atom. The molecule has 4 nitrogen and oxygen atoms in total. The van der Waals surface area contributed by atoms with E-state index in [-0.39, 0.29) is 0 Å². The Kier molecular flexibility index (Phi) is 2.35. The molecule has 1 atom stereocenters. The number of aliphatic carboxylic acids is 1. The van der Waals surface area contributed by atoms with Gasteiger partial charge in [0.15, 0.2) is 0 Å². The molecule has 0 saturated carbocycles. The van der Waals surface area contributed by atoms with Crippen molar-refractivity contribution < 1.29 is 9.90 Å². The molecule has 2 rings (SSSR count). The number of carbonyl (C=O) groups is 1. The molecule has 1 heterocycles. The SMILES string of the molecule is NC(C(=O)O)c1cnc2ccccc2c1. The third-order valence-corrected chi connectivity index (χ3v) is 2.24. The van der Waals surface area contributed by atoms with Crippen LogP contribution in [0.15, 0.2) is 36.5 Å². The van der Waals surface area contributed by atoms with Crippen LogP contribution in [0.2, 0.25) is 0 Å². The van der Waals surface area contributed by atoms with Crippen molar-refractivity contribution in [1.82, 2.24) is 4.98 Å². The molecular formula is C11H10N2O2. The van der Waals surface area contributed by atoms with Crippen LogP contribution in [0.4, 0.5) is 0 Å². The number of nitrogens with two attached hydrogens (primary N) is 1. The molecule has 1 aromatic heterocycles. The molecule has 0 aliphatic carbocycles. The summed E-state index contributed by atoms with van der Waals surface area (Å²) >= 11 is 0. The van der Waals surface area contributed by atoms with Crippen molar-refractivity contribution in [2.75, 3.05) is 0 Å². The zero-order valence-corrected chi connectivity index (χ0v) is 7.92. The standard InChI is InChI=1S/C11H10N2O2/c12-10(11(14)15)8-5-7-3-1-2-4-9(7)13-6-8/h1-6,10H,12H2,(H,14,15). The molecule has 0 aliphatic heterocycles. The summed E-state index contributed by atoms with van der Waals surface area (Å²) < 4.78 is 0. The molecule has 0 radical (unpaired) electrons. The summed E-state index contributed by atoms with van der Waals surface area (Å²) in [5.41, 5.74) is 6.84. The van der Waals surface area contributed by atoms with Crippen molar-refractivity contribution in [1.29, 1.82) is 0 Å². The summed E-state index contributed by atoms with van der Waals surface area (Å²) in [6, 6.07) is 8.24. The van der Waals surface area contributed by atoms with Gasteiger partial charge in [-0.05, 0) is 17.7 Å². The topological polar surface area (TPSA) is 76.2 Å². The molecular weight excluding hydrogens is 192 g/mol. The van der Waals surface area contributed by atoms with Crippen molar-refractivity contribution in [2.45, 2.75) is 6.04 Å². The minimum atomic E-state index is -1.05. The Morgan fingerprint density at radius 1 is 1.40 bits per heavy atom. The van der Waals surface area contributed by atoms with E-state index in [9.17, 15) is 4.79 Å². The van der Waals surface area contributed by atoms with Crippen molar-refractivity contribution in [3.63, 3.8) is 0 Å². The normalized spacial score (nSPS) is 12.6. The fraction of sp³-hybridized carbons (Fsp3) is 0.0909. The van der Waals surface area contributed by atoms with Gasteiger partial charge in [0.2, 0.25) is 0 Å². The molecule has 0 aliphatic rings. The first-order valence-corrected chi connectivity index (χ1v) is 4.51. The van der Waals surface area contributed by atoms with E-state index >= 15 is 0 Å². The highest BCUT2D eigenvalue weighted by molar-refractivity contribution is 5.81. The summed E-state index contributed by atoms with van der Waals surface area (Å²) in [5, 5.41) is 9.65. The van der Waals surface area contributed by atoms with E-state index in [1.807, 2.05) is 24.3 Å². The van der Waals surface area contributed by atoms with Gasteiger partial charge in [0, 0.05) is 11.6 Å². The Balaban J connectivity index is 2.51. The monoisotopic (exact) mass is 202 g/mol. The van der Waals surface area contributed by atoms with Crippen LogP contribution in [0.1, 0.15) is 11.6 Å². The lowest BCUT2D eigenvalue weighted by Gasteiger charge is -2.06. The minimum Gasteiger partial charge on any atom is -0.480 e. The van der Waals surface area contributed by atoms with Crippen molar-refractivity contribution in [3.05, 3.63) is 42.1 Å². The Hall–Kier alpha value is -1.94. The predicted octanol–water partition coefficient (Wildman–Crippen LogP) is 1.32. The van der Waals surface area contributed by atoms with E-state index in [0.29, 0.717) is 5.56 Å². The second-order valence-electron chi connectivity index (χ2n) is 3.28. The van der Waals surface area contributed by atoms with Crippen LogP contribution >= 0.6 is 0 Å². The van der Waals surface area contributed by atoms with Crippen LogP contribution in [0.5, 0.6) is 0 Å². The number of pyridine rings is 1. The average molecular weight is 202 g/mol. The first-order chi connectivity index (χ1) is 7.18. The Bertz CT molecular complexity index is 511. The summed E-state index contributed by atoms with van der Waals surface area (Å²) in [7, 11) is 0. The number of fused-ring (bicyclic) bond motifs is 1. The maximum absolute atomic E-state index is 10.7. The smallest absolute Gasteiger partial charge is 0.325 e. The van der Waals surface area contributed by atoms with Gasteiger partial charge in [0.25, 0.3) is 0 Å². The van der Waals surface area contributed by atoms with Gasteiger partial charge in [-0.15, -0.1) is 0 Å². The quantitative estimate of drug-likeness (QED) is 0.770. The Labute approximate surface area is 86.4 Å². The van der Waals surface area contributed by atoms with Crippen LogP contribution in [0.25, 0.3) is 10.9 Å². The molecule has 0 bridgehead atoms. The van der Waals surface area contributed by atoms with E-state index in [0.717, 1.165) is 10.9 Å².